The highest BCUT2D eigenvalue weighted by molar-refractivity contribution is 5.46. The molecule has 0 bridgehead atoms. The van der Waals surface area contributed by atoms with E-state index in [1.807, 2.05) is 0 Å². The standard InChI is InChI=1S/C16H27N/c1-11-16(9-8-10-16)12(14(2,3)4)13(17-11)15(5,6)7/h17H,1,8-10H2,2-7H3. The number of nitrogens with one attached hydrogen (secondary N) is 1. The third-order valence-electron chi connectivity index (χ3n) is 4.29. The van der Waals surface area contributed by atoms with Crippen molar-refractivity contribution in [1.82, 2.24) is 5.32 Å². The summed E-state index contributed by atoms with van der Waals surface area (Å²) in [4.78, 5) is 0. The largest absolute Gasteiger partial charge is 0.362 e. The molecule has 2 rings (SSSR count). The molecule has 0 radical (unpaired) electrons. The summed E-state index contributed by atoms with van der Waals surface area (Å²) >= 11 is 0. The Morgan fingerprint density at radius 3 is 1.82 bits per heavy atom. The molecule has 2 aliphatic rings. The van der Waals surface area contributed by atoms with Gasteiger partial charge in [-0.2, -0.15) is 0 Å². The molecular formula is C16H27N. The van der Waals surface area contributed by atoms with Gasteiger partial charge in [-0.3, -0.25) is 0 Å². The molecule has 96 valence electrons. The van der Waals surface area contributed by atoms with E-state index in [4.69, 9.17) is 0 Å². The lowest BCUT2D eigenvalue weighted by atomic mass is 9.57. The SMILES string of the molecule is C=C1NC(C(C)(C)C)=C(C(C)(C)C)C12CCC2. The molecule has 0 aromatic heterocycles. The van der Waals surface area contributed by atoms with E-state index in [9.17, 15) is 0 Å². The van der Waals surface area contributed by atoms with Crippen LogP contribution in [0.1, 0.15) is 60.8 Å². The minimum atomic E-state index is 0.185. The van der Waals surface area contributed by atoms with Crippen LogP contribution >= 0.6 is 0 Å². The van der Waals surface area contributed by atoms with Crippen LogP contribution in [0.3, 0.4) is 0 Å². The molecule has 0 saturated heterocycles. The maximum Gasteiger partial charge on any atom is 0.0332 e. The first-order valence-electron chi connectivity index (χ1n) is 6.81. The molecule has 0 aromatic rings. The van der Waals surface area contributed by atoms with E-state index in [0.29, 0.717) is 0 Å². The van der Waals surface area contributed by atoms with Gasteiger partial charge >= 0.3 is 0 Å². The summed E-state index contributed by atoms with van der Waals surface area (Å²) in [6, 6.07) is 0. The molecule has 17 heavy (non-hydrogen) atoms. The van der Waals surface area contributed by atoms with Gasteiger partial charge in [-0.15, -0.1) is 0 Å². The van der Waals surface area contributed by atoms with Gasteiger partial charge in [0.1, 0.15) is 0 Å². The minimum absolute atomic E-state index is 0.185. The van der Waals surface area contributed by atoms with Crippen LogP contribution in [-0.4, -0.2) is 0 Å². The number of hydrogen-bond acceptors (Lipinski definition) is 1. The Hall–Kier alpha value is -0.720. The molecule has 0 amide bonds. The van der Waals surface area contributed by atoms with E-state index in [1.54, 1.807) is 5.57 Å². The zero-order chi connectivity index (χ0) is 13.1. The number of hydrogen-bond donors (Lipinski definition) is 1. The van der Waals surface area contributed by atoms with Crippen molar-refractivity contribution in [3.8, 4) is 0 Å². The minimum Gasteiger partial charge on any atom is -0.362 e. The third kappa shape index (κ3) is 1.75. The lowest BCUT2D eigenvalue weighted by molar-refractivity contribution is 0.203. The maximum atomic E-state index is 4.30. The Balaban J connectivity index is 2.58. The summed E-state index contributed by atoms with van der Waals surface area (Å²) in [5, 5.41) is 3.63. The van der Waals surface area contributed by atoms with E-state index >= 15 is 0 Å². The van der Waals surface area contributed by atoms with Crippen molar-refractivity contribution in [3.05, 3.63) is 23.5 Å². The molecule has 0 unspecified atom stereocenters. The van der Waals surface area contributed by atoms with Gasteiger partial charge in [-0.05, 0) is 23.8 Å². The quantitative estimate of drug-likeness (QED) is 0.643. The van der Waals surface area contributed by atoms with Gasteiger partial charge in [-0.1, -0.05) is 54.5 Å². The van der Waals surface area contributed by atoms with Gasteiger partial charge in [0, 0.05) is 22.2 Å². The molecule has 1 aliphatic heterocycles. The van der Waals surface area contributed by atoms with E-state index < -0.39 is 0 Å². The maximum absolute atomic E-state index is 4.30. The van der Waals surface area contributed by atoms with Crippen LogP contribution in [0.2, 0.25) is 0 Å². The topological polar surface area (TPSA) is 12.0 Å². The van der Waals surface area contributed by atoms with Crippen molar-refractivity contribution < 1.29 is 0 Å². The average molecular weight is 233 g/mol. The molecule has 1 N–H and O–H groups in total. The Labute approximate surface area is 106 Å². The smallest absolute Gasteiger partial charge is 0.0332 e. The molecule has 1 saturated carbocycles. The first-order valence-corrected chi connectivity index (χ1v) is 6.81. The van der Waals surface area contributed by atoms with Crippen LogP contribution in [0.25, 0.3) is 0 Å². The van der Waals surface area contributed by atoms with Gasteiger partial charge in [-0.25, -0.2) is 0 Å². The predicted octanol–water partition coefficient (Wildman–Crippen LogP) is 4.62. The summed E-state index contributed by atoms with van der Waals surface area (Å²) in [5.74, 6) is 0. The second kappa shape index (κ2) is 3.40. The Morgan fingerprint density at radius 2 is 1.53 bits per heavy atom. The lowest BCUT2D eigenvalue weighted by Gasteiger charge is -2.46. The first kappa shape index (κ1) is 12.7. The highest BCUT2D eigenvalue weighted by atomic mass is 15.0. The Morgan fingerprint density at radius 1 is 1.00 bits per heavy atom. The van der Waals surface area contributed by atoms with Crippen LogP contribution in [0.15, 0.2) is 23.5 Å². The van der Waals surface area contributed by atoms with E-state index in [2.05, 4.69) is 53.4 Å². The fourth-order valence-electron chi connectivity index (χ4n) is 3.46. The van der Waals surface area contributed by atoms with Crippen molar-refractivity contribution >= 4 is 0 Å². The Bertz CT molecular complexity index is 381. The summed E-state index contributed by atoms with van der Waals surface area (Å²) in [6.07, 6.45) is 3.91. The highest BCUT2D eigenvalue weighted by Crippen LogP contribution is 2.61. The normalized spacial score (nSPS) is 24.0. The van der Waals surface area contributed by atoms with E-state index in [-0.39, 0.29) is 16.2 Å². The predicted molar refractivity (Wildman–Crippen MR) is 74.5 cm³/mol. The van der Waals surface area contributed by atoms with Crippen LogP contribution in [-0.2, 0) is 0 Å². The van der Waals surface area contributed by atoms with Gasteiger partial charge in [0.25, 0.3) is 0 Å². The average Bonchev–Trinajstić information content (AvgIpc) is 2.35. The summed E-state index contributed by atoms with van der Waals surface area (Å²) in [5.41, 5.74) is 4.99. The van der Waals surface area contributed by atoms with E-state index in [1.165, 1.54) is 30.7 Å². The van der Waals surface area contributed by atoms with Gasteiger partial charge in [0.15, 0.2) is 0 Å². The van der Waals surface area contributed by atoms with Crippen molar-refractivity contribution in [2.24, 2.45) is 16.2 Å². The monoisotopic (exact) mass is 233 g/mol. The van der Waals surface area contributed by atoms with Gasteiger partial charge in [0.05, 0.1) is 0 Å². The van der Waals surface area contributed by atoms with Crippen molar-refractivity contribution in [3.63, 3.8) is 0 Å². The van der Waals surface area contributed by atoms with Crippen molar-refractivity contribution in [2.45, 2.75) is 60.8 Å². The molecule has 1 fully saturated rings. The summed E-state index contributed by atoms with van der Waals surface area (Å²) in [6.45, 7) is 18.2. The van der Waals surface area contributed by atoms with Crippen molar-refractivity contribution in [1.29, 1.82) is 0 Å². The third-order valence-corrected chi connectivity index (χ3v) is 4.29. The second-order valence-corrected chi connectivity index (χ2v) is 7.79. The fourth-order valence-corrected chi connectivity index (χ4v) is 3.46. The lowest BCUT2D eigenvalue weighted by Crippen LogP contribution is -2.36. The van der Waals surface area contributed by atoms with Crippen LogP contribution in [0.4, 0.5) is 0 Å². The Kier molecular flexibility index (Phi) is 2.54. The molecule has 0 atom stereocenters. The molecular weight excluding hydrogens is 206 g/mol. The van der Waals surface area contributed by atoms with Gasteiger partial charge < -0.3 is 5.32 Å². The highest BCUT2D eigenvalue weighted by Gasteiger charge is 2.53. The first-order chi connectivity index (χ1) is 7.59. The zero-order valence-corrected chi connectivity index (χ0v) is 12.3. The van der Waals surface area contributed by atoms with Crippen LogP contribution in [0, 0.1) is 16.2 Å². The molecule has 1 spiro atoms. The molecule has 1 nitrogen and oxygen atoms in total. The second-order valence-electron chi connectivity index (χ2n) is 7.79. The number of rotatable bonds is 0. The molecule has 1 heterocycles. The molecule has 0 aromatic carbocycles. The van der Waals surface area contributed by atoms with Gasteiger partial charge in [0.2, 0.25) is 0 Å². The van der Waals surface area contributed by atoms with Crippen molar-refractivity contribution in [2.75, 3.05) is 0 Å². The summed E-state index contributed by atoms with van der Waals surface area (Å²) < 4.78 is 0. The van der Waals surface area contributed by atoms with Crippen LogP contribution in [0.5, 0.6) is 0 Å². The summed E-state index contributed by atoms with van der Waals surface area (Å²) in [7, 11) is 0. The number of allylic oxidation sites excluding steroid dienone is 2. The molecule has 1 aliphatic carbocycles. The fraction of sp³-hybridized carbons (Fsp3) is 0.750. The van der Waals surface area contributed by atoms with E-state index in [0.717, 1.165) is 0 Å². The van der Waals surface area contributed by atoms with Crippen LogP contribution < -0.4 is 5.32 Å². The zero-order valence-electron chi connectivity index (χ0n) is 12.3. The molecule has 1 heteroatoms.